The van der Waals surface area contributed by atoms with E-state index in [4.69, 9.17) is 6.42 Å². The first-order valence-electron chi connectivity index (χ1n) is 6.08. The van der Waals surface area contributed by atoms with Crippen molar-refractivity contribution in [2.24, 2.45) is 0 Å². The number of fused-ring (bicyclic) bond motifs is 1. The number of imidazole rings is 1. The molecular weight excluding hydrogens is 250 g/mol. The minimum absolute atomic E-state index is 0.261. The summed E-state index contributed by atoms with van der Waals surface area (Å²) in [5, 5.41) is 2.78. The zero-order valence-corrected chi connectivity index (χ0v) is 10.6. The van der Waals surface area contributed by atoms with Gasteiger partial charge in [0.15, 0.2) is 0 Å². The normalized spacial score (nSPS) is 10.2. The molecule has 0 aliphatic heterocycles. The number of nitrogens with one attached hydrogen (secondary N) is 1. The van der Waals surface area contributed by atoms with Gasteiger partial charge in [-0.05, 0) is 30.3 Å². The summed E-state index contributed by atoms with van der Waals surface area (Å²) in [5.41, 5.74) is 2.47. The van der Waals surface area contributed by atoms with Crippen molar-refractivity contribution in [2.45, 2.75) is 0 Å². The van der Waals surface area contributed by atoms with E-state index in [9.17, 15) is 4.79 Å². The van der Waals surface area contributed by atoms with E-state index in [1.165, 1.54) is 0 Å². The van der Waals surface area contributed by atoms with Gasteiger partial charge in [0.2, 0.25) is 0 Å². The lowest BCUT2D eigenvalue weighted by Gasteiger charge is -2.03. The molecule has 96 valence electrons. The van der Waals surface area contributed by atoms with Crippen LogP contribution in [0.3, 0.4) is 0 Å². The van der Waals surface area contributed by atoms with Crippen molar-refractivity contribution >= 4 is 17.2 Å². The molecule has 0 fully saturated rings. The number of hydrogen-bond donors (Lipinski definition) is 1. The van der Waals surface area contributed by atoms with Crippen molar-refractivity contribution in [1.29, 1.82) is 0 Å². The molecule has 1 aromatic carbocycles. The Morgan fingerprint density at radius 1 is 1.25 bits per heavy atom. The Labute approximate surface area is 116 Å². The fourth-order valence-electron chi connectivity index (χ4n) is 1.93. The molecule has 0 unspecified atom stereocenters. The second kappa shape index (κ2) is 4.90. The molecule has 0 radical (unpaired) electrons. The minimum atomic E-state index is -0.261. The summed E-state index contributed by atoms with van der Waals surface area (Å²) in [6, 6.07) is 12.7. The van der Waals surface area contributed by atoms with E-state index in [-0.39, 0.29) is 5.91 Å². The maximum absolute atomic E-state index is 12.1. The fourth-order valence-corrected chi connectivity index (χ4v) is 1.93. The van der Waals surface area contributed by atoms with E-state index in [2.05, 4.69) is 16.2 Å². The Kier molecular flexibility index (Phi) is 2.94. The standard InChI is InChI=1S/C16H11N3O/c1-2-12-6-5-7-13(10-12)17-16(20)14-11-19-9-4-3-8-15(19)18-14/h1,3-11H,(H,17,20). The van der Waals surface area contributed by atoms with Gasteiger partial charge in [-0.3, -0.25) is 4.79 Å². The largest absolute Gasteiger partial charge is 0.321 e. The first kappa shape index (κ1) is 12.0. The van der Waals surface area contributed by atoms with E-state index in [1.54, 1.807) is 34.9 Å². The number of pyridine rings is 1. The van der Waals surface area contributed by atoms with Gasteiger partial charge in [-0.2, -0.15) is 0 Å². The van der Waals surface area contributed by atoms with Crippen LogP contribution in [0.25, 0.3) is 5.65 Å². The van der Waals surface area contributed by atoms with E-state index >= 15 is 0 Å². The summed E-state index contributed by atoms with van der Waals surface area (Å²) in [6.07, 6.45) is 8.87. The fraction of sp³-hybridized carbons (Fsp3) is 0. The summed E-state index contributed by atoms with van der Waals surface area (Å²) in [4.78, 5) is 16.4. The summed E-state index contributed by atoms with van der Waals surface area (Å²) in [6.45, 7) is 0. The summed E-state index contributed by atoms with van der Waals surface area (Å²) in [5.74, 6) is 2.27. The van der Waals surface area contributed by atoms with Crippen LogP contribution in [0.1, 0.15) is 16.1 Å². The molecule has 3 aromatic rings. The second-order valence-electron chi connectivity index (χ2n) is 4.27. The van der Waals surface area contributed by atoms with Gasteiger partial charge in [-0.25, -0.2) is 4.98 Å². The number of nitrogens with zero attached hydrogens (tertiary/aromatic N) is 2. The number of carbonyl (C=O) groups excluding carboxylic acids is 1. The van der Waals surface area contributed by atoms with Gasteiger partial charge in [0.05, 0.1) is 0 Å². The van der Waals surface area contributed by atoms with E-state index in [0.29, 0.717) is 11.4 Å². The number of carbonyl (C=O) groups is 1. The average molecular weight is 261 g/mol. The van der Waals surface area contributed by atoms with Gasteiger partial charge < -0.3 is 9.72 Å². The smallest absolute Gasteiger partial charge is 0.275 e. The predicted octanol–water partition coefficient (Wildman–Crippen LogP) is 2.57. The highest BCUT2D eigenvalue weighted by atomic mass is 16.1. The van der Waals surface area contributed by atoms with Crippen LogP contribution in [0.5, 0.6) is 0 Å². The van der Waals surface area contributed by atoms with Crippen molar-refractivity contribution in [3.63, 3.8) is 0 Å². The molecule has 0 bridgehead atoms. The number of rotatable bonds is 2. The number of aromatic nitrogens is 2. The topological polar surface area (TPSA) is 46.4 Å². The Morgan fingerprint density at radius 3 is 2.95 bits per heavy atom. The van der Waals surface area contributed by atoms with Crippen molar-refractivity contribution in [3.8, 4) is 12.3 Å². The SMILES string of the molecule is C#Cc1cccc(NC(=O)c2cn3ccccc3n2)c1. The number of terminal acetylenes is 1. The van der Waals surface area contributed by atoms with Gasteiger partial charge in [0.25, 0.3) is 5.91 Å². The van der Waals surface area contributed by atoms with Crippen molar-refractivity contribution in [3.05, 3.63) is 66.1 Å². The summed E-state index contributed by atoms with van der Waals surface area (Å²) >= 11 is 0. The molecule has 4 heteroatoms. The average Bonchev–Trinajstić information content (AvgIpc) is 2.91. The monoisotopic (exact) mass is 261 g/mol. The molecule has 0 atom stereocenters. The zero-order valence-electron chi connectivity index (χ0n) is 10.6. The van der Waals surface area contributed by atoms with Crippen LogP contribution in [-0.2, 0) is 0 Å². The lowest BCUT2D eigenvalue weighted by Crippen LogP contribution is -2.12. The molecule has 0 aliphatic carbocycles. The molecule has 0 saturated heterocycles. The van der Waals surface area contributed by atoms with E-state index < -0.39 is 0 Å². The van der Waals surface area contributed by atoms with Crippen molar-refractivity contribution in [1.82, 2.24) is 9.38 Å². The van der Waals surface area contributed by atoms with Gasteiger partial charge >= 0.3 is 0 Å². The molecular formula is C16H11N3O. The molecule has 0 aliphatic rings. The quantitative estimate of drug-likeness (QED) is 0.721. The molecule has 20 heavy (non-hydrogen) atoms. The summed E-state index contributed by atoms with van der Waals surface area (Å²) in [7, 11) is 0. The first-order chi connectivity index (χ1) is 9.76. The molecule has 1 N–H and O–H groups in total. The van der Waals surface area contributed by atoms with Crippen LogP contribution in [-0.4, -0.2) is 15.3 Å². The number of anilines is 1. The Bertz CT molecular complexity index is 794. The molecule has 1 amide bonds. The third-order valence-corrected chi connectivity index (χ3v) is 2.88. The molecule has 3 rings (SSSR count). The van der Waals surface area contributed by atoms with Crippen LogP contribution < -0.4 is 5.32 Å². The third-order valence-electron chi connectivity index (χ3n) is 2.88. The van der Waals surface area contributed by atoms with Gasteiger partial charge in [0.1, 0.15) is 11.3 Å². The predicted molar refractivity (Wildman–Crippen MR) is 77.5 cm³/mol. The van der Waals surface area contributed by atoms with Crippen molar-refractivity contribution < 1.29 is 4.79 Å². The van der Waals surface area contributed by atoms with Crippen LogP contribution in [0.15, 0.2) is 54.9 Å². The first-order valence-corrected chi connectivity index (χ1v) is 6.08. The maximum Gasteiger partial charge on any atom is 0.275 e. The number of benzene rings is 1. The Balaban J connectivity index is 1.87. The zero-order chi connectivity index (χ0) is 13.9. The highest BCUT2D eigenvalue weighted by Gasteiger charge is 2.10. The Hall–Kier alpha value is -3.06. The Morgan fingerprint density at radius 2 is 2.15 bits per heavy atom. The highest BCUT2D eigenvalue weighted by molar-refractivity contribution is 6.03. The summed E-state index contributed by atoms with van der Waals surface area (Å²) < 4.78 is 1.80. The lowest BCUT2D eigenvalue weighted by molar-refractivity contribution is 0.102. The maximum atomic E-state index is 12.1. The highest BCUT2D eigenvalue weighted by Crippen LogP contribution is 2.12. The van der Waals surface area contributed by atoms with E-state index in [1.807, 2.05) is 24.4 Å². The molecule has 2 aromatic heterocycles. The van der Waals surface area contributed by atoms with Crippen molar-refractivity contribution in [2.75, 3.05) is 5.32 Å². The van der Waals surface area contributed by atoms with Crippen LogP contribution in [0.2, 0.25) is 0 Å². The second-order valence-corrected chi connectivity index (χ2v) is 4.27. The van der Waals surface area contributed by atoms with Crippen LogP contribution in [0.4, 0.5) is 5.69 Å². The van der Waals surface area contributed by atoms with Crippen LogP contribution in [0, 0.1) is 12.3 Å². The minimum Gasteiger partial charge on any atom is -0.321 e. The number of amides is 1. The van der Waals surface area contributed by atoms with Gasteiger partial charge in [-0.15, -0.1) is 6.42 Å². The molecule has 0 saturated carbocycles. The number of hydrogen-bond acceptors (Lipinski definition) is 2. The van der Waals surface area contributed by atoms with Gasteiger partial charge in [0, 0.05) is 23.6 Å². The lowest BCUT2D eigenvalue weighted by atomic mass is 10.2. The molecule has 2 heterocycles. The molecule has 4 nitrogen and oxygen atoms in total. The van der Waals surface area contributed by atoms with E-state index in [0.717, 1.165) is 11.2 Å². The molecule has 0 spiro atoms. The van der Waals surface area contributed by atoms with Crippen LogP contribution >= 0.6 is 0 Å². The third kappa shape index (κ3) is 2.25. The van der Waals surface area contributed by atoms with Gasteiger partial charge in [-0.1, -0.05) is 18.1 Å².